The van der Waals surface area contributed by atoms with Gasteiger partial charge in [-0.15, -0.1) is 6.58 Å². The smallest absolute Gasteiger partial charge is 0.0797 e. The molecule has 4 heteroatoms. The predicted octanol–water partition coefficient (Wildman–Crippen LogP) is 4.58. The van der Waals surface area contributed by atoms with E-state index in [1.165, 1.54) is 0 Å². The van der Waals surface area contributed by atoms with Gasteiger partial charge in [0.05, 0.1) is 16.8 Å². The molecule has 19 heavy (non-hydrogen) atoms. The quantitative estimate of drug-likeness (QED) is 0.543. The van der Waals surface area contributed by atoms with Gasteiger partial charge in [-0.3, -0.25) is 0 Å². The van der Waals surface area contributed by atoms with E-state index in [4.69, 9.17) is 4.74 Å². The lowest BCUT2D eigenvalue weighted by atomic mass is 9.83. The Morgan fingerprint density at radius 3 is 2.58 bits per heavy atom. The summed E-state index contributed by atoms with van der Waals surface area (Å²) in [5.74, 6) is 0. The normalized spacial score (nSPS) is 35.4. The number of alkyl halides is 2. The van der Waals surface area contributed by atoms with Crippen LogP contribution < -0.4 is 0 Å². The molecule has 0 aromatic carbocycles. The van der Waals surface area contributed by atoms with E-state index in [0.717, 1.165) is 19.3 Å². The summed E-state index contributed by atoms with van der Waals surface area (Å²) < 4.78 is 6.33. The molecule has 1 fully saturated rings. The first-order valence-electron chi connectivity index (χ1n) is 6.87. The molecule has 0 aromatic rings. The summed E-state index contributed by atoms with van der Waals surface area (Å²) in [5, 5.41) is 10.0. The van der Waals surface area contributed by atoms with Crippen molar-refractivity contribution >= 4 is 31.9 Å². The molecule has 0 saturated carbocycles. The summed E-state index contributed by atoms with van der Waals surface area (Å²) in [6.45, 7) is 11.9. The number of hydrogen-bond donors (Lipinski definition) is 1. The maximum absolute atomic E-state index is 10.0. The lowest BCUT2D eigenvalue weighted by molar-refractivity contribution is -0.160. The predicted molar refractivity (Wildman–Crippen MR) is 88.3 cm³/mol. The van der Waals surface area contributed by atoms with E-state index in [-0.39, 0.29) is 16.0 Å². The maximum atomic E-state index is 10.0. The molecular weight excluding hydrogens is 372 g/mol. The van der Waals surface area contributed by atoms with Gasteiger partial charge < -0.3 is 9.84 Å². The molecule has 0 aliphatic carbocycles. The Morgan fingerprint density at radius 2 is 2.11 bits per heavy atom. The average Bonchev–Trinajstić information content (AvgIpc) is 2.31. The molecule has 0 aromatic heterocycles. The largest absolute Gasteiger partial charge is 0.386 e. The van der Waals surface area contributed by atoms with Crippen LogP contribution in [0.25, 0.3) is 0 Å². The Labute approximate surface area is 134 Å². The first-order valence-corrected chi connectivity index (χ1v) is 8.70. The molecule has 1 aliphatic heterocycles. The van der Waals surface area contributed by atoms with Gasteiger partial charge in [0.25, 0.3) is 0 Å². The van der Waals surface area contributed by atoms with Gasteiger partial charge in [0.1, 0.15) is 0 Å². The zero-order chi connectivity index (χ0) is 14.9. The van der Waals surface area contributed by atoms with Crippen LogP contribution in [-0.4, -0.2) is 31.6 Å². The van der Waals surface area contributed by atoms with Crippen LogP contribution in [0.3, 0.4) is 0 Å². The van der Waals surface area contributed by atoms with Gasteiger partial charge in [-0.2, -0.15) is 0 Å². The number of aliphatic hydroxyl groups is 1. The van der Waals surface area contributed by atoms with Crippen molar-refractivity contribution in [3.63, 3.8) is 0 Å². The molecule has 0 radical (unpaired) electrons. The molecule has 1 heterocycles. The molecule has 4 atom stereocenters. The topological polar surface area (TPSA) is 29.5 Å². The minimum Gasteiger partial charge on any atom is -0.386 e. The van der Waals surface area contributed by atoms with Gasteiger partial charge in [0.2, 0.25) is 0 Å². The molecule has 1 aliphatic rings. The van der Waals surface area contributed by atoms with Gasteiger partial charge in [-0.25, -0.2) is 0 Å². The van der Waals surface area contributed by atoms with Gasteiger partial charge in [-0.1, -0.05) is 37.9 Å². The zero-order valence-corrected chi connectivity index (χ0v) is 15.6. The van der Waals surface area contributed by atoms with Crippen molar-refractivity contribution < 1.29 is 9.84 Å². The summed E-state index contributed by atoms with van der Waals surface area (Å²) >= 11 is 7.46. The molecule has 2 nitrogen and oxygen atoms in total. The van der Waals surface area contributed by atoms with Crippen molar-refractivity contribution in [3.8, 4) is 0 Å². The van der Waals surface area contributed by atoms with Crippen LogP contribution in [0.4, 0.5) is 0 Å². The first-order chi connectivity index (χ1) is 8.52. The first kappa shape index (κ1) is 17.7. The van der Waals surface area contributed by atoms with Crippen molar-refractivity contribution in [1.82, 2.24) is 0 Å². The highest BCUT2D eigenvalue weighted by atomic mass is 79.9. The number of rotatable bonds is 5. The Balaban J connectivity index is 2.65. The van der Waals surface area contributed by atoms with E-state index in [2.05, 4.69) is 59.2 Å². The third-order valence-corrected chi connectivity index (χ3v) is 7.14. The fourth-order valence-electron chi connectivity index (χ4n) is 2.52. The van der Waals surface area contributed by atoms with Crippen molar-refractivity contribution in [1.29, 1.82) is 0 Å². The van der Waals surface area contributed by atoms with Gasteiger partial charge in [0.15, 0.2) is 0 Å². The lowest BCUT2D eigenvalue weighted by Gasteiger charge is -2.48. The summed E-state index contributed by atoms with van der Waals surface area (Å²) in [5.41, 5.74) is -1.16. The Morgan fingerprint density at radius 1 is 1.53 bits per heavy atom. The molecule has 1 N–H and O–H groups in total. The van der Waals surface area contributed by atoms with Crippen LogP contribution in [0.5, 0.6) is 0 Å². The van der Waals surface area contributed by atoms with Crippen LogP contribution in [-0.2, 0) is 4.74 Å². The Kier molecular flexibility index (Phi) is 5.73. The van der Waals surface area contributed by atoms with Crippen molar-refractivity contribution in [2.24, 2.45) is 0 Å². The monoisotopic (exact) mass is 396 g/mol. The van der Waals surface area contributed by atoms with Crippen LogP contribution in [0, 0.1) is 0 Å². The zero-order valence-electron chi connectivity index (χ0n) is 12.4. The van der Waals surface area contributed by atoms with E-state index in [1.54, 1.807) is 13.0 Å². The fraction of sp³-hybridized carbons (Fsp3) is 0.867. The minimum atomic E-state index is -0.801. The number of halogens is 2. The van der Waals surface area contributed by atoms with E-state index >= 15 is 0 Å². The van der Waals surface area contributed by atoms with Crippen LogP contribution >= 0.6 is 31.9 Å². The second-order valence-corrected chi connectivity index (χ2v) is 8.80. The van der Waals surface area contributed by atoms with Gasteiger partial charge in [0, 0.05) is 9.65 Å². The molecule has 0 unspecified atom stereocenters. The van der Waals surface area contributed by atoms with Crippen LogP contribution in [0.2, 0.25) is 0 Å². The van der Waals surface area contributed by atoms with Crippen molar-refractivity contribution in [2.75, 3.05) is 0 Å². The Bertz CT molecular complexity index is 328. The minimum absolute atomic E-state index is 0.167. The molecule has 0 amide bonds. The van der Waals surface area contributed by atoms with E-state index < -0.39 is 5.60 Å². The third kappa shape index (κ3) is 4.55. The summed E-state index contributed by atoms with van der Waals surface area (Å²) in [4.78, 5) is 0.620. The van der Waals surface area contributed by atoms with Crippen molar-refractivity contribution in [2.45, 2.75) is 79.8 Å². The second kappa shape index (κ2) is 6.17. The molecule has 112 valence electrons. The maximum Gasteiger partial charge on any atom is 0.0797 e. The number of hydrogen-bond acceptors (Lipinski definition) is 2. The molecule has 1 saturated heterocycles. The standard InChI is InChI=1S/C15H26Br2O2/c1-6-14(4,18)9-7-12(17)15(5)10-8-11(16)13(2,3)19-15/h6,11-12,18H,1,7-10H2,2-5H3/t11-,12+,14-,15-/m0/s1. The molecule has 0 bridgehead atoms. The molecular formula is C15H26Br2O2. The highest BCUT2D eigenvalue weighted by Gasteiger charge is 2.46. The van der Waals surface area contributed by atoms with Gasteiger partial charge >= 0.3 is 0 Å². The van der Waals surface area contributed by atoms with E-state index in [9.17, 15) is 5.11 Å². The molecule has 0 spiro atoms. The van der Waals surface area contributed by atoms with Crippen LogP contribution in [0.1, 0.15) is 53.4 Å². The van der Waals surface area contributed by atoms with E-state index in [0.29, 0.717) is 11.2 Å². The lowest BCUT2D eigenvalue weighted by Crippen LogP contribution is -2.53. The van der Waals surface area contributed by atoms with Gasteiger partial charge in [-0.05, 0) is 53.4 Å². The molecule has 1 rings (SSSR count). The summed E-state index contributed by atoms with van der Waals surface area (Å²) in [6, 6.07) is 0. The van der Waals surface area contributed by atoms with E-state index in [1.807, 2.05) is 0 Å². The average molecular weight is 398 g/mol. The summed E-state index contributed by atoms with van der Waals surface area (Å²) in [6.07, 6.45) is 5.26. The SMILES string of the molecule is C=C[C@](C)(O)CC[C@@H](Br)[C@]1(C)CC[C@H](Br)C(C)(C)O1. The Hall–Kier alpha value is 0.620. The second-order valence-electron chi connectivity index (χ2n) is 6.59. The highest BCUT2D eigenvalue weighted by molar-refractivity contribution is 9.09. The fourth-order valence-corrected chi connectivity index (χ4v) is 3.40. The van der Waals surface area contributed by atoms with Crippen molar-refractivity contribution in [3.05, 3.63) is 12.7 Å². The highest BCUT2D eigenvalue weighted by Crippen LogP contribution is 2.43. The number of ether oxygens (including phenoxy) is 1. The van der Waals surface area contributed by atoms with Crippen LogP contribution in [0.15, 0.2) is 12.7 Å². The third-order valence-electron chi connectivity index (χ3n) is 4.15. The summed E-state index contributed by atoms with van der Waals surface area (Å²) in [7, 11) is 0.